The molecule has 60 valence electrons. The van der Waals surface area contributed by atoms with E-state index in [1.165, 1.54) is 0 Å². The molecule has 0 radical (unpaired) electrons. The standard InChI is InChI=1S/C7H9NO3/c1-4-2-7(3-4)5(9)8-6(10)11-7/h4H,2-3H2,1H3,(H,8,9,10). The Hall–Kier alpha value is -1.06. The Labute approximate surface area is 63.9 Å². The summed E-state index contributed by atoms with van der Waals surface area (Å²) in [4.78, 5) is 21.7. The molecule has 11 heavy (non-hydrogen) atoms. The van der Waals surface area contributed by atoms with Crippen molar-refractivity contribution in [3.05, 3.63) is 0 Å². The summed E-state index contributed by atoms with van der Waals surface area (Å²) in [6.07, 6.45) is 0.747. The van der Waals surface area contributed by atoms with E-state index in [0.717, 1.165) is 0 Å². The average molecular weight is 155 g/mol. The van der Waals surface area contributed by atoms with E-state index < -0.39 is 11.7 Å². The van der Waals surface area contributed by atoms with E-state index in [1.54, 1.807) is 0 Å². The molecule has 0 aromatic carbocycles. The van der Waals surface area contributed by atoms with Gasteiger partial charge in [0, 0.05) is 0 Å². The van der Waals surface area contributed by atoms with Crippen molar-refractivity contribution in [3.63, 3.8) is 0 Å². The van der Waals surface area contributed by atoms with Gasteiger partial charge in [-0.2, -0.15) is 0 Å². The highest BCUT2D eigenvalue weighted by Crippen LogP contribution is 2.42. The minimum absolute atomic E-state index is 0.263. The monoisotopic (exact) mass is 155 g/mol. The number of carbonyl (C=O) groups excluding carboxylic acids is 2. The molecule has 1 heterocycles. The van der Waals surface area contributed by atoms with E-state index >= 15 is 0 Å². The summed E-state index contributed by atoms with van der Waals surface area (Å²) >= 11 is 0. The van der Waals surface area contributed by atoms with Gasteiger partial charge in [0.15, 0.2) is 5.60 Å². The predicted octanol–water partition coefficient (Wildman–Crippen LogP) is 0.422. The summed E-state index contributed by atoms with van der Waals surface area (Å²) in [6, 6.07) is 0. The van der Waals surface area contributed by atoms with Crippen LogP contribution in [0.4, 0.5) is 4.79 Å². The first kappa shape index (κ1) is 6.64. The zero-order valence-corrected chi connectivity index (χ0v) is 6.22. The molecule has 0 atom stereocenters. The smallest absolute Gasteiger partial charge is 0.415 e. The van der Waals surface area contributed by atoms with Gasteiger partial charge in [-0.1, -0.05) is 6.92 Å². The zero-order valence-electron chi connectivity index (χ0n) is 6.22. The summed E-state index contributed by atoms with van der Waals surface area (Å²) in [5.41, 5.74) is -0.781. The lowest BCUT2D eigenvalue weighted by Crippen LogP contribution is -2.49. The minimum Gasteiger partial charge on any atom is -0.432 e. The first-order valence-electron chi connectivity index (χ1n) is 3.67. The molecule has 1 aliphatic carbocycles. The molecule has 1 saturated heterocycles. The van der Waals surface area contributed by atoms with Crippen LogP contribution in [0, 0.1) is 5.92 Å². The van der Waals surface area contributed by atoms with Gasteiger partial charge in [-0.15, -0.1) is 0 Å². The number of hydrogen-bond donors (Lipinski definition) is 1. The maximum absolute atomic E-state index is 11.1. The average Bonchev–Trinajstić information content (AvgIpc) is 2.06. The second kappa shape index (κ2) is 1.75. The van der Waals surface area contributed by atoms with E-state index in [0.29, 0.717) is 18.8 Å². The van der Waals surface area contributed by atoms with Crippen LogP contribution in [0.25, 0.3) is 0 Å². The third-order valence-electron chi connectivity index (χ3n) is 2.27. The van der Waals surface area contributed by atoms with Gasteiger partial charge in [-0.05, 0) is 18.8 Å². The predicted molar refractivity (Wildman–Crippen MR) is 35.8 cm³/mol. The molecule has 2 amide bonds. The highest BCUT2D eigenvalue weighted by atomic mass is 16.6. The number of nitrogens with one attached hydrogen (secondary N) is 1. The van der Waals surface area contributed by atoms with Gasteiger partial charge in [0.1, 0.15) is 0 Å². The number of rotatable bonds is 0. The number of alkyl carbamates (subject to hydrolysis) is 1. The van der Waals surface area contributed by atoms with Crippen LogP contribution in [-0.4, -0.2) is 17.6 Å². The van der Waals surface area contributed by atoms with Gasteiger partial charge in [0.2, 0.25) is 0 Å². The molecule has 0 aromatic heterocycles. The number of ether oxygens (including phenoxy) is 1. The van der Waals surface area contributed by atoms with E-state index in [9.17, 15) is 9.59 Å². The van der Waals surface area contributed by atoms with Crippen molar-refractivity contribution < 1.29 is 14.3 Å². The maximum atomic E-state index is 11.1. The summed E-state index contributed by atoms with van der Waals surface area (Å²) in [5, 5.41) is 2.13. The zero-order chi connectivity index (χ0) is 8.06. The van der Waals surface area contributed by atoms with Crippen molar-refractivity contribution in [1.29, 1.82) is 0 Å². The molecule has 0 unspecified atom stereocenters. The summed E-state index contributed by atoms with van der Waals surface area (Å²) in [6.45, 7) is 2.03. The Kier molecular flexibility index (Phi) is 1.06. The lowest BCUT2D eigenvalue weighted by Gasteiger charge is -2.38. The Bertz CT molecular complexity index is 230. The Morgan fingerprint density at radius 3 is 2.55 bits per heavy atom. The second-order valence-corrected chi connectivity index (χ2v) is 3.35. The molecule has 2 aliphatic rings. The fourth-order valence-electron chi connectivity index (χ4n) is 1.79. The quantitative estimate of drug-likeness (QED) is 0.551. The van der Waals surface area contributed by atoms with Crippen LogP contribution in [0.15, 0.2) is 0 Å². The largest absolute Gasteiger partial charge is 0.432 e. The Morgan fingerprint density at radius 1 is 1.55 bits per heavy atom. The highest BCUT2D eigenvalue weighted by Gasteiger charge is 2.56. The third-order valence-corrected chi connectivity index (χ3v) is 2.27. The highest BCUT2D eigenvalue weighted by molar-refractivity contribution is 6.03. The molecule has 1 aliphatic heterocycles. The van der Waals surface area contributed by atoms with Crippen LogP contribution in [0.2, 0.25) is 0 Å². The Balaban J connectivity index is 2.16. The number of hydrogen-bond acceptors (Lipinski definition) is 3. The summed E-state index contributed by atoms with van der Waals surface area (Å²) < 4.78 is 4.87. The molecular weight excluding hydrogens is 146 g/mol. The van der Waals surface area contributed by atoms with Crippen LogP contribution < -0.4 is 5.32 Å². The Morgan fingerprint density at radius 2 is 2.18 bits per heavy atom. The molecule has 2 fully saturated rings. The molecular formula is C7H9NO3. The molecule has 0 aromatic rings. The molecule has 1 N–H and O–H groups in total. The lowest BCUT2D eigenvalue weighted by molar-refractivity contribution is -0.142. The van der Waals surface area contributed by atoms with E-state index in [4.69, 9.17) is 4.74 Å². The van der Waals surface area contributed by atoms with Crippen molar-refractivity contribution in [2.24, 2.45) is 5.92 Å². The van der Waals surface area contributed by atoms with E-state index in [2.05, 4.69) is 5.32 Å². The summed E-state index contributed by atoms with van der Waals surface area (Å²) in [5.74, 6) is 0.229. The van der Waals surface area contributed by atoms with Crippen molar-refractivity contribution >= 4 is 12.0 Å². The van der Waals surface area contributed by atoms with Gasteiger partial charge in [-0.25, -0.2) is 4.79 Å². The van der Waals surface area contributed by atoms with Gasteiger partial charge >= 0.3 is 6.09 Å². The molecule has 2 rings (SSSR count). The van der Waals surface area contributed by atoms with Gasteiger partial charge < -0.3 is 4.74 Å². The van der Waals surface area contributed by atoms with Crippen LogP contribution in [0.5, 0.6) is 0 Å². The van der Waals surface area contributed by atoms with E-state index in [-0.39, 0.29) is 5.91 Å². The first-order valence-corrected chi connectivity index (χ1v) is 3.67. The SMILES string of the molecule is CC1CC2(C1)OC(=O)NC2=O. The minimum atomic E-state index is -0.781. The second-order valence-electron chi connectivity index (χ2n) is 3.35. The number of imide groups is 1. The van der Waals surface area contributed by atoms with Gasteiger partial charge in [0.25, 0.3) is 5.91 Å². The number of amides is 2. The van der Waals surface area contributed by atoms with Crippen molar-refractivity contribution in [2.75, 3.05) is 0 Å². The van der Waals surface area contributed by atoms with Gasteiger partial charge in [-0.3, -0.25) is 10.1 Å². The lowest BCUT2D eigenvalue weighted by atomic mass is 9.71. The molecule has 1 spiro atoms. The van der Waals surface area contributed by atoms with Crippen LogP contribution in [0.3, 0.4) is 0 Å². The van der Waals surface area contributed by atoms with Crippen LogP contribution >= 0.6 is 0 Å². The maximum Gasteiger partial charge on any atom is 0.415 e. The van der Waals surface area contributed by atoms with Crippen molar-refractivity contribution in [1.82, 2.24) is 5.32 Å². The number of carbonyl (C=O) groups is 2. The molecule has 4 heteroatoms. The van der Waals surface area contributed by atoms with Crippen LogP contribution in [-0.2, 0) is 9.53 Å². The molecule has 0 bridgehead atoms. The fourth-order valence-corrected chi connectivity index (χ4v) is 1.79. The molecule has 1 saturated carbocycles. The van der Waals surface area contributed by atoms with Crippen molar-refractivity contribution in [2.45, 2.75) is 25.4 Å². The normalized spacial score (nSPS) is 41.7. The van der Waals surface area contributed by atoms with Crippen LogP contribution in [0.1, 0.15) is 19.8 Å². The first-order chi connectivity index (χ1) is 5.12. The topological polar surface area (TPSA) is 55.4 Å². The summed E-state index contributed by atoms with van der Waals surface area (Å²) in [7, 11) is 0. The van der Waals surface area contributed by atoms with Crippen molar-refractivity contribution in [3.8, 4) is 0 Å². The molecule has 4 nitrogen and oxygen atoms in total. The third kappa shape index (κ3) is 0.751. The van der Waals surface area contributed by atoms with Gasteiger partial charge in [0.05, 0.1) is 0 Å². The van der Waals surface area contributed by atoms with E-state index in [1.807, 2.05) is 6.92 Å². The fraction of sp³-hybridized carbons (Fsp3) is 0.714.